The number of piperazine rings is 1. The molecule has 8 nitrogen and oxygen atoms in total. The number of amides is 1. The zero-order valence-electron chi connectivity index (χ0n) is 18.7. The molecule has 0 spiro atoms. The van der Waals surface area contributed by atoms with Crippen LogP contribution in [0.1, 0.15) is 17.7 Å². The third kappa shape index (κ3) is 5.81. The maximum atomic E-state index is 13.2. The van der Waals surface area contributed by atoms with Crippen LogP contribution < -0.4 is 4.90 Å². The standard InChI is InChI=1S/C21H23N5OS.C2HF3O2/c27-21(26-10-8-25(9-11-26)19-3-1-2-7-22-19)15-4-5-18-17(13-15)20(24-23-18)16-6-12-28-14-16;3-2(4,5)1(6)7/h1-3,6-7,12,14-15H,4-5,8-11,13H2,(H,23,24);(H,6,7). The van der Waals surface area contributed by atoms with Crippen LogP contribution in [0.25, 0.3) is 11.3 Å². The van der Waals surface area contributed by atoms with E-state index < -0.39 is 12.1 Å². The van der Waals surface area contributed by atoms with Crippen LogP contribution in [0.3, 0.4) is 0 Å². The normalized spacial score (nSPS) is 17.9. The van der Waals surface area contributed by atoms with Crippen molar-refractivity contribution in [3.05, 3.63) is 52.5 Å². The van der Waals surface area contributed by atoms with Gasteiger partial charge in [-0.15, -0.1) is 0 Å². The minimum Gasteiger partial charge on any atom is -0.475 e. The highest BCUT2D eigenvalue weighted by molar-refractivity contribution is 7.08. The number of carboxylic acid groups (broad SMARTS) is 1. The van der Waals surface area contributed by atoms with Crippen molar-refractivity contribution in [2.45, 2.75) is 25.4 Å². The summed E-state index contributed by atoms with van der Waals surface area (Å²) in [5, 5.41) is 19.0. The number of nitrogens with zero attached hydrogens (tertiary/aromatic N) is 4. The molecule has 1 aliphatic heterocycles. The fraction of sp³-hybridized carbons (Fsp3) is 0.391. The summed E-state index contributed by atoms with van der Waals surface area (Å²) in [6.45, 7) is 3.21. The summed E-state index contributed by atoms with van der Waals surface area (Å²) in [5.41, 5.74) is 4.61. The number of pyridine rings is 1. The average Bonchev–Trinajstić information content (AvgIpc) is 3.53. The molecule has 4 heterocycles. The highest BCUT2D eigenvalue weighted by atomic mass is 32.1. The van der Waals surface area contributed by atoms with Crippen molar-refractivity contribution in [3.63, 3.8) is 0 Å². The monoisotopic (exact) mass is 507 g/mol. The van der Waals surface area contributed by atoms with Crippen LogP contribution in [0.2, 0.25) is 0 Å². The van der Waals surface area contributed by atoms with Gasteiger partial charge in [-0.2, -0.15) is 29.6 Å². The van der Waals surface area contributed by atoms with Crippen molar-refractivity contribution in [2.75, 3.05) is 31.1 Å². The second-order valence-electron chi connectivity index (χ2n) is 8.28. The van der Waals surface area contributed by atoms with E-state index in [1.165, 1.54) is 11.3 Å². The first-order chi connectivity index (χ1) is 16.7. The Kier molecular flexibility index (Phi) is 7.39. The summed E-state index contributed by atoms with van der Waals surface area (Å²) in [5.74, 6) is -1.41. The first-order valence-electron chi connectivity index (χ1n) is 11.1. The van der Waals surface area contributed by atoms with Gasteiger partial charge >= 0.3 is 12.1 Å². The van der Waals surface area contributed by atoms with E-state index in [9.17, 15) is 18.0 Å². The minimum absolute atomic E-state index is 0.0592. The average molecular weight is 508 g/mol. The third-order valence-corrected chi connectivity index (χ3v) is 6.78. The van der Waals surface area contributed by atoms with Gasteiger partial charge in [0.05, 0.1) is 5.69 Å². The summed E-state index contributed by atoms with van der Waals surface area (Å²) in [7, 11) is 0. The molecule has 5 rings (SSSR count). The summed E-state index contributed by atoms with van der Waals surface area (Å²) >= 11 is 1.68. The fourth-order valence-electron chi connectivity index (χ4n) is 4.30. The predicted octanol–water partition coefficient (Wildman–Crippen LogP) is 3.62. The quantitative estimate of drug-likeness (QED) is 0.562. The number of aromatic nitrogens is 3. The molecule has 1 fully saturated rings. The number of carboxylic acids is 1. The van der Waals surface area contributed by atoms with E-state index in [0.717, 1.165) is 62.5 Å². The Bertz CT molecular complexity index is 1140. The second kappa shape index (κ2) is 10.5. The number of aromatic amines is 1. The molecule has 12 heteroatoms. The van der Waals surface area contributed by atoms with Gasteiger partial charge in [0.25, 0.3) is 0 Å². The van der Waals surface area contributed by atoms with E-state index in [2.05, 4.69) is 36.9 Å². The van der Waals surface area contributed by atoms with Gasteiger partial charge in [0.15, 0.2) is 0 Å². The lowest BCUT2D eigenvalue weighted by molar-refractivity contribution is -0.192. The van der Waals surface area contributed by atoms with Gasteiger partial charge in [-0.05, 0) is 42.8 Å². The van der Waals surface area contributed by atoms with E-state index >= 15 is 0 Å². The van der Waals surface area contributed by atoms with Gasteiger partial charge < -0.3 is 14.9 Å². The maximum absolute atomic E-state index is 13.2. The molecule has 0 saturated carbocycles. The molecule has 2 aliphatic rings. The van der Waals surface area contributed by atoms with Crippen LogP contribution >= 0.6 is 11.3 Å². The number of alkyl halides is 3. The number of carbonyl (C=O) groups is 2. The Labute approximate surface area is 203 Å². The Balaban J connectivity index is 0.000000364. The SMILES string of the molecule is O=C(C1CCc2[nH]nc(-c3ccsc3)c2C1)N1CCN(c2ccccn2)CC1.O=C(O)C(F)(F)F. The van der Waals surface area contributed by atoms with Crippen LogP contribution in [-0.2, 0) is 22.4 Å². The first-order valence-corrected chi connectivity index (χ1v) is 12.0. The van der Waals surface area contributed by atoms with Crippen molar-refractivity contribution in [2.24, 2.45) is 5.92 Å². The highest BCUT2D eigenvalue weighted by Gasteiger charge is 2.38. The van der Waals surface area contributed by atoms with Gasteiger partial charge in [0, 0.05) is 60.5 Å². The number of carbonyl (C=O) groups excluding carboxylic acids is 1. The molecule has 0 radical (unpaired) electrons. The second-order valence-corrected chi connectivity index (χ2v) is 9.06. The minimum atomic E-state index is -5.08. The molecule has 1 saturated heterocycles. The smallest absolute Gasteiger partial charge is 0.475 e. The molecule has 2 N–H and O–H groups in total. The highest BCUT2D eigenvalue weighted by Crippen LogP contribution is 2.33. The number of hydrogen-bond acceptors (Lipinski definition) is 6. The molecule has 1 atom stereocenters. The van der Waals surface area contributed by atoms with Crippen molar-refractivity contribution in [3.8, 4) is 11.3 Å². The van der Waals surface area contributed by atoms with E-state index in [1.54, 1.807) is 11.3 Å². The van der Waals surface area contributed by atoms with Crippen LogP contribution in [0, 0.1) is 5.92 Å². The van der Waals surface area contributed by atoms with Gasteiger partial charge in [0.1, 0.15) is 5.82 Å². The zero-order valence-corrected chi connectivity index (χ0v) is 19.5. The lowest BCUT2D eigenvalue weighted by Crippen LogP contribution is -2.51. The summed E-state index contributed by atoms with van der Waals surface area (Å²) < 4.78 is 31.7. The number of hydrogen-bond donors (Lipinski definition) is 2. The lowest BCUT2D eigenvalue weighted by atomic mass is 9.84. The molecule has 3 aromatic rings. The van der Waals surface area contributed by atoms with Crippen LogP contribution in [-0.4, -0.2) is 69.4 Å². The number of H-pyrrole nitrogens is 1. The Morgan fingerprint density at radius 3 is 2.49 bits per heavy atom. The number of halogens is 3. The number of anilines is 1. The molecule has 186 valence electrons. The molecule has 1 aliphatic carbocycles. The Hall–Kier alpha value is -3.41. The Morgan fingerprint density at radius 2 is 1.89 bits per heavy atom. The summed E-state index contributed by atoms with van der Waals surface area (Å²) in [6.07, 6.45) is -0.674. The van der Waals surface area contributed by atoms with E-state index in [-0.39, 0.29) is 5.92 Å². The molecular weight excluding hydrogens is 483 g/mol. The molecule has 1 unspecified atom stereocenters. The summed E-state index contributed by atoms with van der Waals surface area (Å²) in [6, 6.07) is 8.07. The number of nitrogens with one attached hydrogen (secondary N) is 1. The molecular formula is C23H24F3N5O3S. The zero-order chi connectivity index (χ0) is 25.0. The predicted molar refractivity (Wildman–Crippen MR) is 124 cm³/mol. The van der Waals surface area contributed by atoms with Gasteiger partial charge in [-0.1, -0.05) is 6.07 Å². The molecule has 35 heavy (non-hydrogen) atoms. The third-order valence-electron chi connectivity index (χ3n) is 6.10. The van der Waals surface area contributed by atoms with Gasteiger partial charge in [-0.3, -0.25) is 9.89 Å². The topological polar surface area (TPSA) is 102 Å². The molecule has 0 bridgehead atoms. The van der Waals surface area contributed by atoms with Crippen LogP contribution in [0.15, 0.2) is 41.2 Å². The van der Waals surface area contributed by atoms with Crippen molar-refractivity contribution >= 4 is 29.0 Å². The number of thiophene rings is 1. The number of rotatable bonds is 3. The number of fused-ring (bicyclic) bond motifs is 1. The van der Waals surface area contributed by atoms with Crippen LogP contribution in [0.5, 0.6) is 0 Å². The molecule has 0 aromatic carbocycles. The van der Waals surface area contributed by atoms with Gasteiger partial charge in [-0.25, -0.2) is 9.78 Å². The van der Waals surface area contributed by atoms with Crippen molar-refractivity contribution in [1.82, 2.24) is 20.1 Å². The molecule has 1 amide bonds. The van der Waals surface area contributed by atoms with Crippen molar-refractivity contribution in [1.29, 1.82) is 0 Å². The van der Waals surface area contributed by atoms with E-state index in [1.807, 2.05) is 29.3 Å². The maximum Gasteiger partial charge on any atom is 0.490 e. The number of aliphatic carboxylic acids is 1. The first kappa shape index (κ1) is 24.7. The Morgan fingerprint density at radius 1 is 1.14 bits per heavy atom. The largest absolute Gasteiger partial charge is 0.490 e. The van der Waals surface area contributed by atoms with E-state index in [0.29, 0.717) is 5.91 Å². The summed E-state index contributed by atoms with van der Waals surface area (Å²) in [4.78, 5) is 30.8. The number of aryl methyl sites for hydroxylation is 1. The fourth-order valence-corrected chi connectivity index (χ4v) is 4.94. The van der Waals surface area contributed by atoms with Crippen LogP contribution in [0.4, 0.5) is 19.0 Å². The van der Waals surface area contributed by atoms with E-state index in [4.69, 9.17) is 9.90 Å². The lowest BCUT2D eigenvalue weighted by Gasteiger charge is -2.37. The van der Waals surface area contributed by atoms with Gasteiger partial charge in [0.2, 0.25) is 5.91 Å². The van der Waals surface area contributed by atoms with Crippen molar-refractivity contribution < 1.29 is 27.9 Å². The molecule has 3 aromatic heterocycles.